The second-order valence-corrected chi connectivity index (χ2v) is 6.77. The van der Waals surface area contributed by atoms with Gasteiger partial charge in [-0.1, -0.05) is 54.1 Å². The molecule has 3 nitrogen and oxygen atoms in total. The average molecular weight is 361 g/mol. The van der Waals surface area contributed by atoms with Gasteiger partial charge in [0.05, 0.1) is 17.9 Å². The highest BCUT2D eigenvalue weighted by atomic mass is 35.5. The summed E-state index contributed by atoms with van der Waals surface area (Å²) in [5.41, 5.74) is 5.17. The van der Waals surface area contributed by atoms with Crippen molar-refractivity contribution in [3.63, 3.8) is 0 Å². The lowest BCUT2D eigenvalue weighted by Crippen LogP contribution is -2.29. The minimum Gasteiger partial charge on any atom is -0.302 e. The number of halogens is 1. The van der Waals surface area contributed by atoms with Gasteiger partial charge in [-0.3, -0.25) is 4.79 Å². The molecule has 1 amide bonds. The van der Waals surface area contributed by atoms with Crippen molar-refractivity contribution in [1.82, 2.24) is 0 Å². The summed E-state index contributed by atoms with van der Waals surface area (Å²) >= 11 is 5.96. The molecule has 4 rings (SSSR count). The Morgan fingerprint density at radius 3 is 2.50 bits per heavy atom. The summed E-state index contributed by atoms with van der Waals surface area (Å²) in [6, 6.07) is 23.2. The highest BCUT2D eigenvalue weighted by Crippen LogP contribution is 2.32. The van der Waals surface area contributed by atoms with Gasteiger partial charge in [-0.25, -0.2) is 4.99 Å². The van der Waals surface area contributed by atoms with Gasteiger partial charge in [0.15, 0.2) is 0 Å². The summed E-state index contributed by atoms with van der Waals surface area (Å²) in [6.07, 6.45) is 0. The molecular formula is C22H17ClN2O. The quantitative estimate of drug-likeness (QED) is 0.622. The number of amides is 1. The Labute approximate surface area is 157 Å². The molecule has 0 saturated heterocycles. The molecule has 1 aliphatic rings. The molecule has 0 radical (unpaired) electrons. The highest BCUT2D eigenvalue weighted by Gasteiger charge is 2.33. The van der Waals surface area contributed by atoms with Crippen molar-refractivity contribution in [2.24, 2.45) is 4.99 Å². The van der Waals surface area contributed by atoms with E-state index in [1.807, 2.05) is 79.7 Å². The van der Waals surface area contributed by atoms with Crippen LogP contribution in [-0.2, 0) is 11.3 Å². The number of para-hydroxylation sites is 1. The van der Waals surface area contributed by atoms with Crippen LogP contribution in [0.1, 0.15) is 16.7 Å². The van der Waals surface area contributed by atoms with Gasteiger partial charge < -0.3 is 4.90 Å². The zero-order valence-corrected chi connectivity index (χ0v) is 15.1. The zero-order chi connectivity index (χ0) is 18.1. The Bertz CT molecular complexity index is 1010. The lowest BCUT2D eigenvalue weighted by molar-refractivity contribution is -0.112. The minimum absolute atomic E-state index is 0.0809. The number of anilines is 1. The van der Waals surface area contributed by atoms with E-state index < -0.39 is 0 Å². The molecule has 0 aliphatic carbocycles. The Morgan fingerprint density at radius 1 is 0.962 bits per heavy atom. The van der Waals surface area contributed by atoms with Gasteiger partial charge in [0.2, 0.25) is 0 Å². The van der Waals surface area contributed by atoms with Crippen molar-refractivity contribution in [2.75, 3.05) is 4.90 Å². The van der Waals surface area contributed by atoms with Crippen LogP contribution >= 0.6 is 11.6 Å². The van der Waals surface area contributed by atoms with Crippen molar-refractivity contribution < 1.29 is 4.79 Å². The van der Waals surface area contributed by atoms with E-state index in [-0.39, 0.29) is 5.91 Å². The SMILES string of the molecule is Cc1cccc(N=C2C(=O)N(Cc3ccc(Cl)cc3)c3ccccc32)c1. The minimum atomic E-state index is -0.0809. The van der Waals surface area contributed by atoms with Gasteiger partial charge in [-0.05, 0) is 48.4 Å². The Kier molecular flexibility index (Phi) is 4.31. The monoisotopic (exact) mass is 360 g/mol. The predicted octanol–water partition coefficient (Wildman–Crippen LogP) is 5.32. The number of carbonyl (C=O) groups is 1. The zero-order valence-electron chi connectivity index (χ0n) is 14.3. The summed E-state index contributed by atoms with van der Waals surface area (Å²) in [5.74, 6) is -0.0809. The van der Waals surface area contributed by atoms with Gasteiger partial charge >= 0.3 is 0 Å². The first-order valence-electron chi connectivity index (χ1n) is 8.43. The molecule has 0 unspecified atom stereocenters. The second-order valence-electron chi connectivity index (χ2n) is 6.33. The molecule has 0 aromatic heterocycles. The standard InChI is InChI=1S/C22H17ClN2O/c1-15-5-4-6-18(13-15)24-21-19-7-2-3-8-20(19)25(22(21)26)14-16-9-11-17(23)12-10-16/h2-13H,14H2,1H3. The molecule has 1 heterocycles. The maximum atomic E-state index is 13.1. The molecule has 0 spiro atoms. The third-order valence-corrected chi connectivity index (χ3v) is 4.65. The first-order chi connectivity index (χ1) is 12.6. The molecule has 4 heteroatoms. The third kappa shape index (κ3) is 3.14. The molecule has 1 aliphatic heterocycles. The van der Waals surface area contributed by atoms with Crippen LogP contribution in [0.4, 0.5) is 11.4 Å². The van der Waals surface area contributed by atoms with E-state index in [9.17, 15) is 4.79 Å². The Hall–Kier alpha value is -2.91. The van der Waals surface area contributed by atoms with E-state index in [1.54, 1.807) is 4.90 Å². The van der Waals surface area contributed by atoms with Crippen molar-refractivity contribution in [3.8, 4) is 0 Å². The van der Waals surface area contributed by atoms with E-state index in [2.05, 4.69) is 4.99 Å². The van der Waals surface area contributed by atoms with E-state index in [0.717, 1.165) is 28.1 Å². The van der Waals surface area contributed by atoms with Crippen LogP contribution in [0.2, 0.25) is 5.02 Å². The average Bonchev–Trinajstić information content (AvgIpc) is 2.90. The molecule has 128 valence electrons. The van der Waals surface area contributed by atoms with Crippen LogP contribution in [0.3, 0.4) is 0 Å². The molecule has 0 atom stereocenters. The maximum absolute atomic E-state index is 13.1. The fraction of sp³-hybridized carbons (Fsp3) is 0.0909. The van der Waals surface area contributed by atoms with Crippen LogP contribution in [0, 0.1) is 6.92 Å². The number of benzene rings is 3. The van der Waals surface area contributed by atoms with Crippen LogP contribution in [0.25, 0.3) is 0 Å². The third-order valence-electron chi connectivity index (χ3n) is 4.39. The lowest BCUT2D eigenvalue weighted by atomic mass is 10.1. The molecule has 3 aromatic carbocycles. The predicted molar refractivity (Wildman–Crippen MR) is 106 cm³/mol. The Morgan fingerprint density at radius 2 is 1.73 bits per heavy atom. The lowest BCUT2D eigenvalue weighted by Gasteiger charge is -2.16. The number of hydrogen-bond acceptors (Lipinski definition) is 2. The van der Waals surface area contributed by atoms with Crippen molar-refractivity contribution >= 4 is 34.6 Å². The number of nitrogens with zero attached hydrogens (tertiary/aromatic N) is 2. The number of hydrogen-bond donors (Lipinski definition) is 0. The highest BCUT2D eigenvalue weighted by molar-refractivity contribution is 6.54. The maximum Gasteiger partial charge on any atom is 0.277 e. The Balaban J connectivity index is 1.74. The molecular weight excluding hydrogens is 344 g/mol. The van der Waals surface area contributed by atoms with Crippen molar-refractivity contribution in [3.05, 3.63) is 94.5 Å². The van der Waals surface area contributed by atoms with E-state index in [1.165, 1.54) is 0 Å². The van der Waals surface area contributed by atoms with Gasteiger partial charge in [0.25, 0.3) is 5.91 Å². The van der Waals surface area contributed by atoms with E-state index >= 15 is 0 Å². The first kappa shape index (κ1) is 16.6. The van der Waals surface area contributed by atoms with Crippen LogP contribution in [0.5, 0.6) is 0 Å². The van der Waals surface area contributed by atoms with Crippen LogP contribution in [-0.4, -0.2) is 11.6 Å². The number of aryl methyl sites for hydroxylation is 1. The number of aliphatic imine (C=N–C) groups is 1. The summed E-state index contributed by atoms with van der Waals surface area (Å²) in [4.78, 5) is 19.5. The van der Waals surface area contributed by atoms with Crippen LogP contribution in [0.15, 0.2) is 77.8 Å². The smallest absolute Gasteiger partial charge is 0.277 e. The summed E-state index contributed by atoms with van der Waals surface area (Å²) in [7, 11) is 0. The number of fused-ring (bicyclic) bond motifs is 1. The molecule has 0 N–H and O–H groups in total. The number of rotatable bonds is 3. The van der Waals surface area contributed by atoms with E-state index in [4.69, 9.17) is 11.6 Å². The fourth-order valence-electron chi connectivity index (χ4n) is 3.13. The second kappa shape index (κ2) is 6.77. The van der Waals surface area contributed by atoms with Gasteiger partial charge in [-0.2, -0.15) is 0 Å². The molecule has 0 fully saturated rings. The molecule has 0 bridgehead atoms. The van der Waals surface area contributed by atoms with Crippen molar-refractivity contribution in [1.29, 1.82) is 0 Å². The van der Waals surface area contributed by atoms with Gasteiger partial charge in [0.1, 0.15) is 5.71 Å². The molecule has 26 heavy (non-hydrogen) atoms. The van der Waals surface area contributed by atoms with Gasteiger partial charge in [-0.15, -0.1) is 0 Å². The first-order valence-corrected chi connectivity index (χ1v) is 8.81. The summed E-state index contributed by atoms with van der Waals surface area (Å²) in [5, 5.41) is 0.684. The van der Waals surface area contributed by atoms with Crippen LogP contribution < -0.4 is 4.90 Å². The summed E-state index contributed by atoms with van der Waals surface area (Å²) in [6.45, 7) is 2.50. The molecule has 0 saturated carbocycles. The van der Waals surface area contributed by atoms with E-state index in [0.29, 0.717) is 17.3 Å². The topological polar surface area (TPSA) is 32.7 Å². The largest absolute Gasteiger partial charge is 0.302 e. The normalized spacial score (nSPS) is 14.8. The molecule has 3 aromatic rings. The summed E-state index contributed by atoms with van der Waals surface area (Å²) < 4.78 is 0. The van der Waals surface area contributed by atoms with Crippen molar-refractivity contribution in [2.45, 2.75) is 13.5 Å². The fourth-order valence-corrected chi connectivity index (χ4v) is 3.25. The number of carbonyl (C=O) groups excluding carboxylic acids is 1. The van der Waals surface area contributed by atoms with Gasteiger partial charge in [0, 0.05) is 10.6 Å².